The summed E-state index contributed by atoms with van der Waals surface area (Å²) in [6.45, 7) is -2.92. The van der Waals surface area contributed by atoms with Crippen molar-refractivity contribution in [2.24, 2.45) is 0 Å². The topological polar surface area (TPSA) is 44.1 Å². The largest absolute Gasteiger partial charge is 0.435 e. The first-order valence-corrected chi connectivity index (χ1v) is 10.8. The molecule has 9 heteroatoms. The molecule has 4 aromatic rings. The van der Waals surface area contributed by atoms with Crippen LogP contribution in [-0.4, -0.2) is 16.2 Å². The van der Waals surface area contributed by atoms with E-state index in [1.807, 2.05) is 6.07 Å². The average molecular weight is 479 g/mol. The van der Waals surface area contributed by atoms with E-state index < -0.39 is 6.61 Å². The van der Waals surface area contributed by atoms with Crippen molar-refractivity contribution in [2.45, 2.75) is 17.5 Å². The van der Waals surface area contributed by atoms with Crippen LogP contribution in [0, 0.1) is 0 Å². The third-order valence-electron chi connectivity index (χ3n) is 4.44. The van der Waals surface area contributed by atoms with Crippen LogP contribution in [0.25, 0.3) is 16.6 Å². The first kappa shape index (κ1) is 21.6. The molecule has 0 N–H and O–H groups in total. The number of thioether (sulfide) groups is 1. The summed E-state index contributed by atoms with van der Waals surface area (Å²) in [6, 6.07) is 18.1. The Labute approximate surface area is 190 Å². The Morgan fingerprint density at radius 3 is 2.48 bits per heavy atom. The van der Waals surface area contributed by atoms with Crippen molar-refractivity contribution >= 4 is 45.9 Å². The number of hydrogen-bond donors (Lipinski definition) is 0. The lowest BCUT2D eigenvalue weighted by Crippen LogP contribution is -2.21. The summed E-state index contributed by atoms with van der Waals surface area (Å²) in [5.41, 5.74) is 1.62. The minimum atomic E-state index is -2.92. The van der Waals surface area contributed by atoms with Gasteiger partial charge in [-0.25, -0.2) is 4.98 Å². The Bertz CT molecular complexity index is 1300. The smallest absolute Gasteiger partial charge is 0.387 e. The van der Waals surface area contributed by atoms with Gasteiger partial charge in [0.2, 0.25) is 0 Å². The minimum absolute atomic E-state index is 0.00250. The van der Waals surface area contributed by atoms with Gasteiger partial charge in [-0.2, -0.15) is 8.78 Å². The molecule has 1 heterocycles. The fourth-order valence-electron chi connectivity index (χ4n) is 2.99. The number of para-hydroxylation sites is 1. The predicted molar refractivity (Wildman–Crippen MR) is 120 cm³/mol. The first-order chi connectivity index (χ1) is 14.9. The summed E-state index contributed by atoms with van der Waals surface area (Å²) in [6.07, 6.45) is 0. The summed E-state index contributed by atoms with van der Waals surface area (Å²) in [5.74, 6) is 0.454. The Balaban J connectivity index is 1.77. The molecule has 0 saturated heterocycles. The Morgan fingerprint density at radius 2 is 1.77 bits per heavy atom. The van der Waals surface area contributed by atoms with E-state index in [9.17, 15) is 13.6 Å². The van der Waals surface area contributed by atoms with Crippen molar-refractivity contribution in [3.05, 3.63) is 92.7 Å². The predicted octanol–water partition coefficient (Wildman–Crippen LogP) is 6.59. The monoisotopic (exact) mass is 478 g/mol. The molecule has 0 aliphatic rings. The zero-order chi connectivity index (χ0) is 22.0. The lowest BCUT2D eigenvalue weighted by molar-refractivity contribution is -0.0498. The Kier molecular flexibility index (Phi) is 6.46. The summed E-state index contributed by atoms with van der Waals surface area (Å²) in [7, 11) is 0. The second-order valence-electron chi connectivity index (χ2n) is 6.45. The van der Waals surface area contributed by atoms with Crippen LogP contribution in [0.5, 0.6) is 5.75 Å². The van der Waals surface area contributed by atoms with Gasteiger partial charge in [-0.15, -0.1) is 0 Å². The number of ether oxygens (including phenoxy) is 1. The van der Waals surface area contributed by atoms with Crippen LogP contribution >= 0.6 is 35.0 Å². The standard InChI is InChI=1S/C22H14Cl2F2N2O2S/c23-14-6-5-13(18(24)11-14)12-31-22-27-19-4-2-1-3-17(19)20(29)28(22)15-7-9-16(10-8-15)30-21(25)26/h1-11,21H,12H2. The molecule has 0 aliphatic heterocycles. The van der Waals surface area contributed by atoms with Crippen LogP contribution in [0.15, 0.2) is 76.7 Å². The number of nitrogens with zero attached hydrogens (tertiary/aromatic N) is 2. The van der Waals surface area contributed by atoms with E-state index in [1.165, 1.54) is 40.6 Å². The minimum Gasteiger partial charge on any atom is -0.435 e. The highest BCUT2D eigenvalue weighted by atomic mass is 35.5. The molecule has 0 radical (unpaired) electrons. The van der Waals surface area contributed by atoms with Crippen molar-refractivity contribution in [3.63, 3.8) is 0 Å². The molecule has 0 saturated carbocycles. The second-order valence-corrected chi connectivity index (χ2v) is 8.24. The molecular weight excluding hydrogens is 465 g/mol. The van der Waals surface area contributed by atoms with Crippen LogP contribution < -0.4 is 10.3 Å². The fraction of sp³-hybridized carbons (Fsp3) is 0.0909. The molecule has 0 spiro atoms. The summed E-state index contributed by atoms with van der Waals surface area (Å²) in [4.78, 5) is 17.9. The van der Waals surface area contributed by atoms with Gasteiger partial charge < -0.3 is 4.74 Å². The molecule has 4 rings (SSSR count). The van der Waals surface area contributed by atoms with E-state index in [2.05, 4.69) is 9.72 Å². The van der Waals surface area contributed by atoms with Crippen LogP contribution in [0.3, 0.4) is 0 Å². The second kappa shape index (κ2) is 9.26. The highest BCUT2D eigenvalue weighted by Crippen LogP contribution is 2.29. The number of hydrogen-bond acceptors (Lipinski definition) is 4. The Hall–Kier alpha value is -2.61. The lowest BCUT2D eigenvalue weighted by Gasteiger charge is -2.14. The van der Waals surface area contributed by atoms with Gasteiger partial charge in [0.25, 0.3) is 5.56 Å². The molecular formula is C22H14Cl2F2N2O2S. The van der Waals surface area contributed by atoms with E-state index in [4.69, 9.17) is 23.2 Å². The Morgan fingerprint density at radius 1 is 1.03 bits per heavy atom. The SMILES string of the molecule is O=c1c2ccccc2nc(SCc2ccc(Cl)cc2Cl)n1-c1ccc(OC(F)F)cc1. The van der Waals surface area contributed by atoms with Gasteiger partial charge in [-0.05, 0) is 54.1 Å². The van der Waals surface area contributed by atoms with Gasteiger partial charge in [-0.1, -0.05) is 53.2 Å². The van der Waals surface area contributed by atoms with Gasteiger partial charge in [0.15, 0.2) is 5.16 Å². The number of fused-ring (bicyclic) bond motifs is 1. The summed E-state index contributed by atoms with van der Waals surface area (Å²) in [5, 5.41) is 1.94. The molecule has 0 unspecified atom stereocenters. The van der Waals surface area contributed by atoms with Crippen LogP contribution in [-0.2, 0) is 5.75 Å². The average Bonchev–Trinajstić information content (AvgIpc) is 2.74. The van der Waals surface area contributed by atoms with E-state index in [1.54, 1.807) is 36.4 Å². The molecule has 4 nitrogen and oxygen atoms in total. The molecule has 1 aromatic heterocycles. The lowest BCUT2D eigenvalue weighted by atomic mass is 10.2. The van der Waals surface area contributed by atoms with Crippen LogP contribution in [0.4, 0.5) is 8.78 Å². The third-order valence-corrected chi connectivity index (χ3v) is 6.01. The number of aromatic nitrogens is 2. The highest BCUT2D eigenvalue weighted by molar-refractivity contribution is 7.98. The quantitative estimate of drug-likeness (QED) is 0.231. The zero-order valence-electron chi connectivity index (χ0n) is 15.8. The van der Waals surface area contributed by atoms with Crippen LogP contribution in [0.1, 0.15) is 5.56 Å². The molecule has 0 atom stereocenters. The maximum Gasteiger partial charge on any atom is 0.387 e. The number of rotatable bonds is 6. The van der Waals surface area contributed by atoms with Gasteiger partial charge in [0.1, 0.15) is 5.75 Å². The fourth-order valence-corrected chi connectivity index (χ4v) is 4.57. The number of halogens is 4. The molecule has 3 aromatic carbocycles. The van der Waals surface area contributed by atoms with Crippen LogP contribution in [0.2, 0.25) is 10.0 Å². The third kappa shape index (κ3) is 4.84. The number of alkyl halides is 2. The molecule has 31 heavy (non-hydrogen) atoms. The van der Waals surface area contributed by atoms with E-state index in [-0.39, 0.29) is 11.3 Å². The maximum atomic E-state index is 13.3. The maximum absolute atomic E-state index is 13.3. The van der Waals surface area contributed by atoms with Crippen molar-refractivity contribution in [1.82, 2.24) is 9.55 Å². The van der Waals surface area contributed by atoms with Gasteiger partial charge >= 0.3 is 6.61 Å². The normalized spacial score (nSPS) is 11.3. The molecule has 0 fully saturated rings. The molecule has 0 bridgehead atoms. The first-order valence-electron chi connectivity index (χ1n) is 9.06. The van der Waals surface area contributed by atoms with Gasteiger partial charge in [0, 0.05) is 15.8 Å². The van der Waals surface area contributed by atoms with E-state index in [0.29, 0.717) is 37.5 Å². The molecule has 158 valence electrons. The molecule has 0 amide bonds. The van der Waals surface area contributed by atoms with Gasteiger partial charge in [-0.3, -0.25) is 9.36 Å². The van der Waals surface area contributed by atoms with Crippen molar-refractivity contribution < 1.29 is 13.5 Å². The van der Waals surface area contributed by atoms with Crippen molar-refractivity contribution in [2.75, 3.05) is 0 Å². The number of benzene rings is 3. The van der Waals surface area contributed by atoms with E-state index >= 15 is 0 Å². The molecule has 0 aliphatic carbocycles. The van der Waals surface area contributed by atoms with Crippen molar-refractivity contribution in [1.29, 1.82) is 0 Å². The zero-order valence-corrected chi connectivity index (χ0v) is 18.1. The van der Waals surface area contributed by atoms with Crippen molar-refractivity contribution in [3.8, 4) is 11.4 Å². The van der Waals surface area contributed by atoms with Gasteiger partial charge in [0.05, 0.1) is 16.6 Å². The van der Waals surface area contributed by atoms with E-state index in [0.717, 1.165) is 5.56 Å². The summed E-state index contributed by atoms with van der Waals surface area (Å²) < 4.78 is 30.8. The summed E-state index contributed by atoms with van der Waals surface area (Å²) >= 11 is 13.6. The highest BCUT2D eigenvalue weighted by Gasteiger charge is 2.15.